The quantitative estimate of drug-likeness (QED) is 0.351. The molecular formula is C27H27FN6S2. The molecule has 1 saturated heterocycles. The van der Waals surface area contributed by atoms with Crippen LogP contribution in [0.1, 0.15) is 22.7 Å². The van der Waals surface area contributed by atoms with Gasteiger partial charge >= 0.3 is 0 Å². The number of benzene rings is 2. The number of fused-ring (bicyclic) bond motifs is 1. The van der Waals surface area contributed by atoms with E-state index in [1.54, 1.807) is 29.4 Å². The van der Waals surface area contributed by atoms with Crippen molar-refractivity contribution >= 4 is 34.7 Å². The lowest BCUT2D eigenvalue weighted by Crippen LogP contribution is -2.34. The van der Waals surface area contributed by atoms with Crippen LogP contribution in [0.2, 0.25) is 0 Å². The summed E-state index contributed by atoms with van der Waals surface area (Å²) in [5.74, 6) is 0.823. The van der Waals surface area contributed by atoms with Crippen LogP contribution in [0.4, 0.5) is 4.39 Å². The molecule has 1 N–H and O–H groups in total. The van der Waals surface area contributed by atoms with Crippen LogP contribution in [0.5, 0.6) is 0 Å². The Bertz CT molecular complexity index is 1350. The van der Waals surface area contributed by atoms with Crippen molar-refractivity contribution in [3.8, 4) is 0 Å². The molecule has 0 amide bonds. The largest absolute Gasteiger partial charge is 0.326 e. The lowest BCUT2D eigenvalue weighted by molar-refractivity contribution is 0.544. The number of halogens is 1. The van der Waals surface area contributed by atoms with Crippen LogP contribution in [0.3, 0.4) is 0 Å². The van der Waals surface area contributed by atoms with E-state index in [0.717, 1.165) is 35.1 Å². The topological polar surface area (TPSA) is 58.3 Å². The van der Waals surface area contributed by atoms with Gasteiger partial charge in [-0.15, -0.1) is 11.3 Å². The van der Waals surface area contributed by atoms with Crippen molar-refractivity contribution in [2.75, 3.05) is 13.1 Å². The van der Waals surface area contributed by atoms with Crippen LogP contribution in [-0.2, 0) is 7.05 Å². The van der Waals surface area contributed by atoms with Gasteiger partial charge in [0.15, 0.2) is 10.8 Å². The van der Waals surface area contributed by atoms with Crippen molar-refractivity contribution < 1.29 is 4.39 Å². The highest BCUT2D eigenvalue weighted by atomic mass is 32.2. The van der Waals surface area contributed by atoms with Gasteiger partial charge in [0, 0.05) is 60.0 Å². The Kier molecular flexibility index (Phi) is 7.60. The molecule has 2 aliphatic heterocycles. The Hall–Kier alpha value is -3.27. The van der Waals surface area contributed by atoms with Crippen LogP contribution in [-0.4, -0.2) is 44.6 Å². The summed E-state index contributed by atoms with van der Waals surface area (Å²) in [4.78, 5) is 12.9. The summed E-state index contributed by atoms with van der Waals surface area (Å²) >= 11 is 3.33. The van der Waals surface area contributed by atoms with Gasteiger partial charge in [0.1, 0.15) is 5.82 Å². The smallest absolute Gasteiger partial charge is 0.165 e. The third-order valence-electron chi connectivity index (χ3n) is 5.87. The minimum Gasteiger partial charge on any atom is -0.326 e. The fourth-order valence-corrected chi connectivity index (χ4v) is 5.62. The Morgan fingerprint density at radius 3 is 2.64 bits per heavy atom. The van der Waals surface area contributed by atoms with Crippen molar-refractivity contribution in [3.05, 3.63) is 106 Å². The zero-order chi connectivity index (χ0) is 24.9. The summed E-state index contributed by atoms with van der Waals surface area (Å²) in [5, 5.41) is 7.61. The van der Waals surface area contributed by atoms with E-state index in [-0.39, 0.29) is 5.82 Å². The molecule has 36 heavy (non-hydrogen) atoms. The van der Waals surface area contributed by atoms with E-state index >= 15 is 0 Å². The monoisotopic (exact) mass is 518 g/mol. The Balaban J connectivity index is 0.000000286. The van der Waals surface area contributed by atoms with Gasteiger partial charge in [-0.05, 0) is 54.8 Å². The molecular weight excluding hydrogens is 491 g/mol. The number of nitrogens with one attached hydrogen (secondary N) is 1. The van der Waals surface area contributed by atoms with E-state index < -0.39 is 0 Å². The van der Waals surface area contributed by atoms with E-state index in [2.05, 4.69) is 50.0 Å². The Morgan fingerprint density at radius 1 is 1.11 bits per heavy atom. The fourth-order valence-electron chi connectivity index (χ4n) is 4.22. The number of aromatic nitrogens is 3. The van der Waals surface area contributed by atoms with E-state index in [4.69, 9.17) is 4.99 Å². The van der Waals surface area contributed by atoms with Crippen molar-refractivity contribution in [1.29, 1.82) is 0 Å². The second kappa shape index (κ2) is 11.2. The molecule has 4 aromatic rings. The average molecular weight is 519 g/mol. The third kappa shape index (κ3) is 5.75. The predicted octanol–water partition coefficient (Wildman–Crippen LogP) is 5.55. The molecule has 0 bridgehead atoms. The molecule has 0 saturated carbocycles. The molecule has 4 heterocycles. The zero-order valence-electron chi connectivity index (χ0n) is 20.1. The van der Waals surface area contributed by atoms with Crippen LogP contribution >= 0.6 is 23.3 Å². The molecule has 1 unspecified atom stereocenters. The number of hydrogen-bond acceptors (Lipinski definition) is 7. The number of rotatable bonds is 5. The summed E-state index contributed by atoms with van der Waals surface area (Å²) in [6, 6.07) is 19.3. The van der Waals surface area contributed by atoms with Gasteiger partial charge in [0.25, 0.3) is 0 Å². The molecule has 1 fully saturated rings. The first kappa shape index (κ1) is 24.4. The standard InChI is InChI=1S/C20H20N6S2.C7H7F/c1-25-9-7-17(23-25)16-12-22-19(20-21-8-10-27-20)26-13-14(11-18(16)26)24-28-15-5-3-2-4-6-15;1-6-3-2-4-7(8)5-6/h2-10,14,24H,11-13H2,1H3;2-5H,1H3. The first-order valence-electron chi connectivity index (χ1n) is 11.7. The molecule has 0 aliphatic carbocycles. The lowest BCUT2D eigenvalue weighted by Gasteiger charge is -2.27. The SMILES string of the molecule is Cc1cccc(F)c1.Cn1ccc(C2=C3CC(NSc4ccccc4)CN3C(c3nccs3)=NC2)n1. The van der Waals surface area contributed by atoms with Crippen molar-refractivity contribution in [2.45, 2.75) is 24.3 Å². The summed E-state index contributed by atoms with van der Waals surface area (Å²) in [6.07, 6.45) is 4.79. The fraction of sp³-hybridized carbons (Fsp3) is 0.222. The summed E-state index contributed by atoms with van der Waals surface area (Å²) in [5.41, 5.74) is 4.51. The molecule has 2 aromatic carbocycles. The van der Waals surface area contributed by atoms with Crippen LogP contribution in [0, 0.1) is 12.7 Å². The van der Waals surface area contributed by atoms with E-state index in [1.807, 2.05) is 48.6 Å². The van der Waals surface area contributed by atoms with Gasteiger partial charge in [0.2, 0.25) is 0 Å². The first-order chi connectivity index (χ1) is 17.6. The number of aliphatic imine (C=N–C) groups is 1. The second-order valence-electron chi connectivity index (χ2n) is 8.62. The molecule has 1 atom stereocenters. The number of nitrogens with zero attached hydrogens (tertiary/aromatic N) is 5. The molecule has 2 aromatic heterocycles. The summed E-state index contributed by atoms with van der Waals surface area (Å²) in [6.45, 7) is 3.39. The zero-order valence-corrected chi connectivity index (χ0v) is 21.8. The summed E-state index contributed by atoms with van der Waals surface area (Å²) in [7, 11) is 1.95. The Morgan fingerprint density at radius 2 is 1.97 bits per heavy atom. The minimum atomic E-state index is -0.162. The highest BCUT2D eigenvalue weighted by molar-refractivity contribution is 7.97. The van der Waals surface area contributed by atoms with Gasteiger partial charge in [-0.2, -0.15) is 5.10 Å². The summed E-state index contributed by atoms with van der Waals surface area (Å²) < 4.78 is 17.7. The van der Waals surface area contributed by atoms with Crippen molar-refractivity contribution in [3.63, 3.8) is 0 Å². The highest BCUT2D eigenvalue weighted by Crippen LogP contribution is 2.35. The molecule has 0 radical (unpaired) electrons. The maximum atomic E-state index is 12.2. The second-order valence-corrected chi connectivity index (χ2v) is 10.4. The number of thiazole rings is 1. The molecule has 6 nitrogen and oxygen atoms in total. The van der Waals surface area contributed by atoms with Crippen molar-refractivity contribution in [1.82, 2.24) is 24.4 Å². The van der Waals surface area contributed by atoms with Gasteiger partial charge in [-0.1, -0.05) is 30.3 Å². The molecule has 9 heteroatoms. The van der Waals surface area contributed by atoms with Crippen LogP contribution in [0.25, 0.3) is 5.57 Å². The number of aryl methyl sites for hydroxylation is 2. The van der Waals surface area contributed by atoms with Gasteiger partial charge in [-0.3, -0.25) is 14.4 Å². The lowest BCUT2D eigenvalue weighted by atomic mass is 10.1. The van der Waals surface area contributed by atoms with Gasteiger partial charge < -0.3 is 4.90 Å². The van der Waals surface area contributed by atoms with E-state index in [9.17, 15) is 4.39 Å². The van der Waals surface area contributed by atoms with Crippen molar-refractivity contribution in [2.24, 2.45) is 12.0 Å². The van der Waals surface area contributed by atoms with Gasteiger partial charge in [0.05, 0.1) is 12.2 Å². The molecule has 0 spiro atoms. The van der Waals surface area contributed by atoms with Crippen LogP contribution < -0.4 is 4.72 Å². The maximum absolute atomic E-state index is 12.2. The Labute approximate surface area is 218 Å². The van der Waals surface area contributed by atoms with E-state index in [1.165, 1.54) is 28.3 Å². The maximum Gasteiger partial charge on any atom is 0.165 e. The molecule has 2 aliphatic rings. The number of hydrogen-bond donors (Lipinski definition) is 1. The van der Waals surface area contributed by atoms with E-state index in [0.29, 0.717) is 12.6 Å². The first-order valence-corrected chi connectivity index (χ1v) is 13.4. The van der Waals surface area contributed by atoms with Crippen LogP contribution in [0.15, 0.2) is 94.0 Å². The molecule has 184 valence electrons. The van der Waals surface area contributed by atoms with Gasteiger partial charge in [-0.25, -0.2) is 9.37 Å². The average Bonchev–Trinajstić information content (AvgIpc) is 3.64. The minimum absolute atomic E-state index is 0.162. The normalized spacial score (nSPS) is 16.9. The highest BCUT2D eigenvalue weighted by Gasteiger charge is 2.36. The third-order valence-corrected chi connectivity index (χ3v) is 7.60. The predicted molar refractivity (Wildman–Crippen MR) is 145 cm³/mol. The number of amidine groups is 1. The molecule has 6 rings (SSSR count).